The lowest BCUT2D eigenvalue weighted by Crippen LogP contribution is -2.19. The first-order valence-electron chi connectivity index (χ1n) is 6.62. The largest absolute Gasteiger partial charge is 0.406 e. The van der Waals surface area contributed by atoms with E-state index in [9.17, 15) is 0 Å². The van der Waals surface area contributed by atoms with E-state index < -0.39 is 0 Å². The SMILES string of the molecule is CSc1ccccc1Nc1nnc(CNCC(C)C)o1. The summed E-state index contributed by atoms with van der Waals surface area (Å²) in [5, 5.41) is 14.5. The van der Waals surface area contributed by atoms with Gasteiger partial charge in [-0.2, -0.15) is 0 Å². The summed E-state index contributed by atoms with van der Waals surface area (Å²) < 4.78 is 5.56. The maximum atomic E-state index is 5.56. The molecule has 0 aliphatic heterocycles. The Morgan fingerprint density at radius 3 is 2.80 bits per heavy atom. The van der Waals surface area contributed by atoms with E-state index in [4.69, 9.17) is 4.42 Å². The zero-order valence-electron chi connectivity index (χ0n) is 12.0. The van der Waals surface area contributed by atoms with Crippen LogP contribution in [0.2, 0.25) is 0 Å². The van der Waals surface area contributed by atoms with Crippen LogP contribution in [-0.4, -0.2) is 23.0 Å². The normalized spacial score (nSPS) is 11.0. The van der Waals surface area contributed by atoms with Crippen molar-refractivity contribution in [1.82, 2.24) is 15.5 Å². The van der Waals surface area contributed by atoms with Crippen LogP contribution in [0.4, 0.5) is 11.7 Å². The summed E-state index contributed by atoms with van der Waals surface area (Å²) >= 11 is 1.67. The smallest absolute Gasteiger partial charge is 0.320 e. The molecule has 0 saturated heterocycles. The molecule has 108 valence electrons. The second-order valence-electron chi connectivity index (χ2n) is 4.85. The fourth-order valence-electron chi connectivity index (χ4n) is 1.71. The highest BCUT2D eigenvalue weighted by atomic mass is 32.2. The van der Waals surface area contributed by atoms with Gasteiger partial charge in [0, 0.05) is 4.90 Å². The monoisotopic (exact) mass is 292 g/mol. The Morgan fingerprint density at radius 2 is 2.05 bits per heavy atom. The molecular formula is C14H20N4OS. The minimum Gasteiger partial charge on any atom is -0.406 e. The van der Waals surface area contributed by atoms with Crippen LogP contribution >= 0.6 is 11.8 Å². The topological polar surface area (TPSA) is 63.0 Å². The average molecular weight is 292 g/mol. The number of hydrogen-bond acceptors (Lipinski definition) is 6. The molecule has 1 heterocycles. The van der Waals surface area contributed by atoms with Gasteiger partial charge >= 0.3 is 6.01 Å². The molecule has 0 atom stereocenters. The predicted octanol–water partition coefficient (Wildman–Crippen LogP) is 3.28. The lowest BCUT2D eigenvalue weighted by molar-refractivity contribution is 0.460. The van der Waals surface area contributed by atoms with Crippen molar-refractivity contribution in [3.05, 3.63) is 30.2 Å². The molecule has 0 bridgehead atoms. The van der Waals surface area contributed by atoms with Crippen molar-refractivity contribution >= 4 is 23.5 Å². The molecule has 0 aliphatic rings. The molecule has 0 aliphatic carbocycles. The molecule has 1 aromatic carbocycles. The first-order chi connectivity index (χ1) is 9.69. The average Bonchev–Trinajstić information content (AvgIpc) is 2.86. The van der Waals surface area contributed by atoms with Gasteiger partial charge in [0.25, 0.3) is 0 Å². The molecule has 0 fully saturated rings. The van der Waals surface area contributed by atoms with Gasteiger partial charge in [-0.05, 0) is 30.9 Å². The van der Waals surface area contributed by atoms with E-state index in [2.05, 4.69) is 40.7 Å². The summed E-state index contributed by atoms with van der Waals surface area (Å²) in [6.45, 7) is 5.85. The number of benzene rings is 1. The molecule has 2 rings (SSSR count). The number of nitrogens with one attached hydrogen (secondary N) is 2. The molecule has 5 nitrogen and oxygen atoms in total. The second kappa shape index (κ2) is 7.31. The van der Waals surface area contributed by atoms with Crippen LogP contribution < -0.4 is 10.6 Å². The van der Waals surface area contributed by atoms with Gasteiger partial charge in [-0.3, -0.25) is 0 Å². The Labute approximate surface area is 123 Å². The minimum absolute atomic E-state index is 0.424. The third-order valence-electron chi connectivity index (χ3n) is 2.64. The highest BCUT2D eigenvalue weighted by molar-refractivity contribution is 7.98. The van der Waals surface area contributed by atoms with E-state index in [1.807, 2.05) is 24.5 Å². The van der Waals surface area contributed by atoms with E-state index in [1.165, 1.54) is 0 Å². The third kappa shape index (κ3) is 4.25. The summed E-state index contributed by atoms with van der Waals surface area (Å²) in [7, 11) is 0. The van der Waals surface area contributed by atoms with Crippen molar-refractivity contribution in [2.45, 2.75) is 25.3 Å². The number of aromatic nitrogens is 2. The number of thioether (sulfide) groups is 1. The molecule has 2 aromatic rings. The van der Waals surface area contributed by atoms with E-state index >= 15 is 0 Å². The lowest BCUT2D eigenvalue weighted by Gasteiger charge is -2.06. The Morgan fingerprint density at radius 1 is 1.25 bits per heavy atom. The van der Waals surface area contributed by atoms with Crippen molar-refractivity contribution in [2.75, 3.05) is 18.1 Å². The first kappa shape index (κ1) is 14.9. The van der Waals surface area contributed by atoms with Gasteiger partial charge in [0.05, 0.1) is 12.2 Å². The molecule has 6 heteroatoms. The third-order valence-corrected chi connectivity index (χ3v) is 3.44. The summed E-state index contributed by atoms with van der Waals surface area (Å²) in [6, 6.07) is 8.45. The number of anilines is 2. The Balaban J connectivity index is 1.95. The Hall–Kier alpha value is -1.53. The fraction of sp³-hybridized carbons (Fsp3) is 0.429. The molecule has 20 heavy (non-hydrogen) atoms. The van der Waals surface area contributed by atoms with Crippen LogP contribution in [-0.2, 0) is 6.54 Å². The zero-order valence-corrected chi connectivity index (χ0v) is 12.8. The summed E-state index contributed by atoms with van der Waals surface area (Å²) in [4.78, 5) is 1.14. The van der Waals surface area contributed by atoms with Gasteiger partial charge < -0.3 is 15.1 Å². The fourth-order valence-corrected chi connectivity index (χ4v) is 2.26. The van der Waals surface area contributed by atoms with Crippen molar-refractivity contribution in [3.63, 3.8) is 0 Å². The second-order valence-corrected chi connectivity index (χ2v) is 5.70. The first-order valence-corrected chi connectivity index (χ1v) is 7.84. The number of rotatable bonds is 7. The van der Waals surface area contributed by atoms with Crippen LogP contribution in [0.15, 0.2) is 33.6 Å². The lowest BCUT2D eigenvalue weighted by atomic mass is 10.2. The van der Waals surface area contributed by atoms with Crippen LogP contribution in [0.1, 0.15) is 19.7 Å². The highest BCUT2D eigenvalue weighted by Gasteiger charge is 2.08. The number of nitrogens with zero attached hydrogens (tertiary/aromatic N) is 2. The molecule has 0 radical (unpaired) electrons. The summed E-state index contributed by atoms with van der Waals surface area (Å²) in [6.07, 6.45) is 2.04. The van der Waals surface area contributed by atoms with Gasteiger partial charge in [0.2, 0.25) is 5.89 Å². The van der Waals surface area contributed by atoms with Crippen LogP contribution in [0.5, 0.6) is 0 Å². The molecule has 0 saturated carbocycles. The summed E-state index contributed by atoms with van der Waals surface area (Å²) in [5.74, 6) is 1.19. The quantitative estimate of drug-likeness (QED) is 0.764. The van der Waals surface area contributed by atoms with Crippen LogP contribution in [0.3, 0.4) is 0 Å². The standard InChI is InChI=1S/C14H20N4OS/c1-10(2)8-15-9-13-17-18-14(19-13)16-11-6-4-5-7-12(11)20-3/h4-7,10,15H,8-9H2,1-3H3,(H,16,18). The summed E-state index contributed by atoms with van der Waals surface area (Å²) in [5.41, 5.74) is 0.977. The van der Waals surface area contributed by atoms with Crippen LogP contribution in [0, 0.1) is 5.92 Å². The van der Waals surface area contributed by atoms with Gasteiger partial charge in [-0.25, -0.2) is 0 Å². The van der Waals surface area contributed by atoms with E-state index in [0.29, 0.717) is 24.4 Å². The Bertz CT molecular complexity index is 541. The maximum Gasteiger partial charge on any atom is 0.320 e. The van der Waals surface area contributed by atoms with Crippen LogP contribution in [0.25, 0.3) is 0 Å². The molecule has 0 spiro atoms. The molecular weight excluding hydrogens is 272 g/mol. The minimum atomic E-state index is 0.424. The molecule has 0 amide bonds. The molecule has 2 N–H and O–H groups in total. The zero-order chi connectivity index (χ0) is 14.4. The van der Waals surface area contributed by atoms with Crippen molar-refractivity contribution < 1.29 is 4.42 Å². The van der Waals surface area contributed by atoms with Crippen molar-refractivity contribution in [1.29, 1.82) is 0 Å². The molecule has 0 unspecified atom stereocenters. The number of hydrogen-bond donors (Lipinski definition) is 2. The van der Waals surface area contributed by atoms with Crippen molar-refractivity contribution in [2.24, 2.45) is 5.92 Å². The van der Waals surface area contributed by atoms with E-state index in [0.717, 1.165) is 17.1 Å². The van der Waals surface area contributed by atoms with Gasteiger partial charge in [-0.1, -0.05) is 31.1 Å². The molecule has 1 aromatic heterocycles. The highest BCUT2D eigenvalue weighted by Crippen LogP contribution is 2.27. The van der Waals surface area contributed by atoms with E-state index in [-0.39, 0.29) is 0 Å². The predicted molar refractivity (Wildman–Crippen MR) is 82.3 cm³/mol. The van der Waals surface area contributed by atoms with Gasteiger partial charge in [-0.15, -0.1) is 16.9 Å². The van der Waals surface area contributed by atoms with Crippen molar-refractivity contribution in [3.8, 4) is 0 Å². The maximum absolute atomic E-state index is 5.56. The van der Waals surface area contributed by atoms with Gasteiger partial charge in [0.15, 0.2) is 0 Å². The Kier molecular flexibility index (Phi) is 5.43. The van der Waals surface area contributed by atoms with E-state index in [1.54, 1.807) is 11.8 Å². The number of para-hydroxylation sites is 1. The van der Waals surface area contributed by atoms with Gasteiger partial charge in [0.1, 0.15) is 0 Å².